The summed E-state index contributed by atoms with van der Waals surface area (Å²) >= 11 is 0. The van der Waals surface area contributed by atoms with Crippen molar-refractivity contribution >= 4 is 22.0 Å². The Balaban J connectivity index is 1.42. The highest BCUT2D eigenvalue weighted by molar-refractivity contribution is 7.89. The highest BCUT2D eigenvalue weighted by Gasteiger charge is 2.49. The average Bonchev–Trinajstić information content (AvgIpc) is 3.80. The Morgan fingerprint density at radius 1 is 1.02 bits per heavy atom. The molecule has 0 radical (unpaired) electrons. The second kappa shape index (κ2) is 16.1. The molecular formula is C37H53N3O10S. The van der Waals surface area contributed by atoms with Gasteiger partial charge in [-0.2, -0.15) is 4.31 Å². The Morgan fingerprint density at radius 2 is 1.75 bits per heavy atom. The number of amides is 2. The third kappa shape index (κ3) is 9.92. The van der Waals surface area contributed by atoms with E-state index in [4.69, 9.17) is 18.9 Å². The van der Waals surface area contributed by atoms with Gasteiger partial charge in [-0.1, -0.05) is 65.0 Å². The van der Waals surface area contributed by atoms with Gasteiger partial charge in [-0.05, 0) is 54.2 Å². The molecule has 282 valence electrons. The zero-order chi connectivity index (χ0) is 37.0. The van der Waals surface area contributed by atoms with Crippen LogP contribution in [-0.2, 0) is 30.7 Å². The molecule has 2 saturated heterocycles. The van der Waals surface area contributed by atoms with Gasteiger partial charge < -0.3 is 34.5 Å². The maximum atomic E-state index is 14.5. The minimum absolute atomic E-state index is 0.0208. The number of benzene rings is 2. The summed E-state index contributed by atoms with van der Waals surface area (Å²) in [5.74, 6) is 0.492. The lowest BCUT2D eigenvalue weighted by Crippen LogP contribution is -2.58. The number of fused-ring (bicyclic) bond motifs is 2. The lowest BCUT2D eigenvalue weighted by atomic mass is 9.87. The van der Waals surface area contributed by atoms with Gasteiger partial charge in [-0.15, -0.1) is 0 Å². The van der Waals surface area contributed by atoms with Crippen LogP contribution in [0.25, 0.3) is 0 Å². The van der Waals surface area contributed by atoms with Crippen LogP contribution in [0.5, 0.6) is 11.5 Å². The SMILES string of the molecule is CC(C)(C)CC(=O)NCCCC(C)(C)CN(C[C@@H](O)[C@H](Cc1ccccc1)N(C(=O)O)[C@H]1CO[C@H]2OCC[C@H]21)S(=O)(=O)c1ccc2c(c1)OCO2. The second-order valence-corrected chi connectivity index (χ2v) is 17.7. The van der Waals surface area contributed by atoms with Crippen LogP contribution in [0.2, 0.25) is 0 Å². The molecule has 3 aliphatic rings. The van der Waals surface area contributed by atoms with E-state index in [9.17, 15) is 28.2 Å². The van der Waals surface area contributed by atoms with Gasteiger partial charge in [0, 0.05) is 38.0 Å². The summed E-state index contributed by atoms with van der Waals surface area (Å²) in [4.78, 5) is 26.7. The molecule has 2 aromatic carbocycles. The fourth-order valence-electron chi connectivity index (χ4n) is 7.19. The van der Waals surface area contributed by atoms with Crippen LogP contribution in [-0.4, -0.2) is 104 Å². The fourth-order valence-corrected chi connectivity index (χ4v) is 8.86. The van der Waals surface area contributed by atoms with Crippen molar-refractivity contribution < 1.29 is 47.2 Å². The Bertz CT molecular complexity index is 1610. The summed E-state index contributed by atoms with van der Waals surface area (Å²) < 4.78 is 52.6. The molecule has 5 atom stereocenters. The number of ether oxygens (including phenoxy) is 4. The van der Waals surface area contributed by atoms with Crippen molar-refractivity contribution in [1.82, 2.24) is 14.5 Å². The molecule has 0 saturated carbocycles. The molecule has 2 amide bonds. The molecule has 0 spiro atoms. The van der Waals surface area contributed by atoms with Crippen molar-refractivity contribution in [2.24, 2.45) is 16.7 Å². The van der Waals surface area contributed by atoms with Gasteiger partial charge in [0.25, 0.3) is 0 Å². The number of aliphatic hydroxyl groups excluding tert-OH is 1. The molecule has 2 aromatic rings. The number of carboxylic acid groups (broad SMARTS) is 1. The van der Waals surface area contributed by atoms with Gasteiger partial charge in [0.15, 0.2) is 17.8 Å². The zero-order valence-electron chi connectivity index (χ0n) is 30.2. The molecule has 14 heteroatoms. The van der Waals surface area contributed by atoms with Crippen LogP contribution in [0.4, 0.5) is 4.79 Å². The third-order valence-electron chi connectivity index (χ3n) is 9.70. The molecule has 3 aliphatic heterocycles. The van der Waals surface area contributed by atoms with Crippen molar-refractivity contribution in [2.75, 3.05) is 39.6 Å². The summed E-state index contributed by atoms with van der Waals surface area (Å²) in [5, 5.41) is 25.7. The number of nitrogens with one attached hydrogen (secondary N) is 1. The van der Waals surface area contributed by atoms with Crippen molar-refractivity contribution in [3.05, 3.63) is 54.1 Å². The maximum absolute atomic E-state index is 14.5. The van der Waals surface area contributed by atoms with E-state index < -0.39 is 46.0 Å². The van der Waals surface area contributed by atoms with E-state index in [-0.39, 0.29) is 55.0 Å². The van der Waals surface area contributed by atoms with Gasteiger partial charge >= 0.3 is 6.09 Å². The van der Waals surface area contributed by atoms with Crippen LogP contribution in [0, 0.1) is 16.7 Å². The molecule has 0 aliphatic carbocycles. The molecule has 0 aromatic heterocycles. The number of hydrogen-bond donors (Lipinski definition) is 3. The Hall–Kier alpha value is -3.43. The number of carbonyl (C=O) groups excluding carboxylic acids is 1. The summed E-state index contributed by atoms with van der Waals surface area (Å²) in [7, 11) is -4.24. The van der Waals surface area contributed by atoms with Gasteiger partial charge in [0.1, 0.15) is 0 Å². The number of rotatable bonds is 16. The van der Waals surface area contributed by atoms with Crippen LogP contribution >= 0.6 is 0 Å². The minimum Gasteiger partial charge on any atom is -0.465 e. The smallest absolute Gasteiger partial charge is 0.407 e. The maximum Gasteiger partial charge on any atom is 0.407 e. The molecule has 13 nitrogen and oxygen atoms in total. The third-order valence-corrected chi connectivity index (χ3v) is 11.5. The van der Waals surface area contributed by atoms with Crippen molar-refractivity contribution in [2.45, 2.75) is 96.1 Å². The number of nitrogens with zero attached hydrogens (tertiary/aromatic N) is 2. The number of hydrogen-bond acceptors (Lipinski definition) is 9. The number of aliphatic hydroxyl groups is 1. The Morgan fingerprint density at radius 3 is 2.45 bits per heavy atom. The number of sulfonamides is 1. The molecular weight excluding hydrogens is 678 g/mol. The summed E-state index contributed by atoms with van der Waals surface area (Å²) in [6, 6.07) is 12.1. The highest BCUT2D eigenvalue weighted by Crippen LogP contribution is 2.38. The van der Waals surface area contributed by atoms with Crippen molar-refractivity contribution in [1.29, 1.82) is 0 Å². The molecule has 51 heavy (non-hydrogen) atoms. The first-order valence-corrected chi connectivity index (χ1v) is 19.1. The lowest BCUT2D eigenvalue weighted by Gasteiger charge is -2.40. The summed E-state index contributed by atoms with van der Waals surface area (Å²) in [5.41, 5.74) is 0.0668. The Kier molecular flexibility index (Phi) is 12.2. The van der Waals surface area contributed by atoms with Crippen molar-refractivity contribution in [3.8, 4) is 11.5 Å². The largest absolute Gasteiger partial charge is 0.465 e. The fraction of sp³-hybridized carbons (Fsp3) is 0.622. The van der Waals surface area contributed by atoms with Crippen LogP contribution in [0.1, 0.15) is 65.9 Å². The molecule has 3 heterocycles. The van der Waals surface area contributed by atoms with E-state index in [1.165, 1.54) is 21.3 Å². The van der Waals surface area contributed by atoms with E-state index in [2.05, 4.69) is 5.32 Å². The van der Waals surface area contributed by atoms with E-state index in [0.717, 1.165) is 5.56 Å². The highest BCUT2D eigenvalue weighted by atomic mass is 32.2. The second-order valence-electron chi connectivity index (χ2n) is 15.8. The molecule has 0 unspecified atom stereocenters. The van der Waals surface area contributed by atoms with Crippen LogP contribution < -0.4 is 14.8 Å². The van der Waals surface area contributed by atoms with Gasteiger partial charge in [0.2, 0.25) is 22.7 Å². The lowest BCUT2D eigenvalue weighted by molar-refractivity contribution is -0.122. The summed E-state index contributed by atoms with van der Waals surface area (Å²) in [6.45, 7) is 10.5. The van der Waals surface area contributed by atoms with Crippen molar-refractivity contribution in [3.63, 3.8) is 0 Å². The molecule has 3 N–H and O–H groups in total. The first-order valence-electron chi connectivity index (χ1n) is 17.7. The van der Waals surface area contributed by atoms with E-state index in [1.54, 1.807) is 6.07 Å². The predicted octanol–water partition coefficient (Wildman–Crippen LogP) is 4.48. The Labute approximate surface area is 301 Å². The molecule has 0 bridgehead atoms. The average molecular weight is 732 g/mol. The molecule has 2 fully saturated rings. The molecule has 5 rings (SSSR count). The predicted molar refractivity (Wildman–Crippen MR) is 189 cm³/mol. The first kappa shape index (κ1) is 38.8. The van der Waals surface area contributed by atoms with Crippen LogP contribution in [0.3, 0.4) is 0 Å². The van der Waals surface area contributed by atoms with E-state index in [0.29, 0.717) is 50.3 Å². The standard InChI is InChI=1S/C37H53N3O10S/c1-36(2,3)20-33(42)38-16-9-15-37(4,5)23-39(51(45,46)26-12-13-31-32(19-26)50-24-49-31)21-30(41)28(18-25-10-7-6-8-11-25)40(35(43)44)29-22-48-34-27(29)14-17-47-34/h6-8,10-13,19,27-30,34,41H,9,14-18,20-24H2,1-5H3,(H,38,42)(H,43,44)/t27-,28-,29-,30+,34+/m0/s1. The van der Waals surface area contributed by atoms with Gasteiger partial charge in [0.05, 0.1) is 36.3 Å². The van der Waals surface area contributed by atoms with E-state index >= 15 is 0 Å². The first-order chi connectivity index (χ1) is 24.0. The summed E-state index contributed by atoms with van der Waals surface area (Å²) in [6.07, 6.45) is -0.819. The quantitative estimate of drug-likeness (QED) is 0.210. The monoisotopic (exact) mass is 731 g/mol. The van der Waals surface area contributed by atoms with E-state index in [1.807, 2.05) is 65.0 Å². The zero-order valence-corrected chi connectivity index (χ0v) is 31.1. The van der Waals surface area contributed by atoms with Gasteiger partial charge in [-0.25, -0.2) is 13.2 Å². The van der Waals surface area contributed by atoms with Gasteiger partial charge in [-0.3, -0.25) is 9.69 Å². The normalized spacial score (nSPS) is 21.4. The minimum atomic E-state index is -4.24. The topological polar surface area (TPSA) is 164 Å². The number of carbonyl (C=O) groups is 2. The van der Waals surface area contributed by atoms with Crippen LogP contribution in [0.15, 0.2) is 53.4 Å².